The summed E-state index contributed by atoms with van der Waals surface area (Å²) in [6.45, 7) is 4.54. The smallest absolute Gasteiger partial charge is 0.306 e. The average Bonchev–Trinajstić information content (AvgIpc) is 3.26. The van der Waals surface area contributed by atoms with Gasteiger partial charge < -0.3 is 28.6 Å². The molecule has 0 bridgehead atoms. The van der Waals surface area contributed by atoms with Gasteiger partial charge in [0, 0.05) is 19.3 Å². The van der Waals surface area contributed by atoms with Crippen LogP contribution in [0.25, 0.3) is 0 Å². The number of carboxylic acids is 1. The lowest BCUT2D eigenvalue weighted by Crippen LogP contribution is -2.55. The van der Waals surface area contributed by atoms with Gasteiger partial charge in [-0.15, -0.1) is 0 Å². The van der Waals surface area contributed by atoms with Crippen LogP contribution in [0.4, 0.5) is 0 Å². The lowest BCUT2D eigenvalue weighted by atomic mass is 10.1. The van der Waals surface area contributed by atoms with E-state index in [1.807, 2.05) is 36.5 Å². The number of carbonyl (C=O) groups is 3. The van der Waals surface area contributed by atoms with Gasteiger partial charge in [0.25, 0.3) is 0 Å². The molecule has 366 valence electrons. The van der Waals surface area contributed by atoms with Crippen LogP contribution < -0.4 is 5.11 Å². The largest absolute Gasteiger partial charge is 0.544 e. The normalized spacial score (nSPS) is 13.6. The molecule has 2 unspecified atom stereocenters. The summed E-state index contributed by atoms with van der Waals surface area (Å²) in [7, 11) is 5.39. The number of hydrogen-bond donors (Lipinski definition) is 0. The first kappa shape index (κ1) is 60.5. The van der Waals surface area contributed by atoms with Crippen LogP contribution in [0.2, 0.25) is 0 Å². The van der Waals surface area contributed by atoms with Gasteiger partial charge in [-0.3, -0.25) is 9.59 Å². The fourth-order valence-corrected chi connectivity index (χ4v) is 7.13. The Morgan fingerprint density at radius 1 is 0.484 bits per heavy atom. The second-order valence-corrected chi connectivity index (χ2v) is 18.2. The van der Waals surface area contributed by atoms with Crippen LogP contribution >= 0.6 is 0 Å². The molecule has 0 amide bonds. The van der Waals surface area contributed by atoms with E-state index in [1.165, 1.54) is 89.9 Å². The lowest BCUT2D eigenvalue weighted by molar-refractivity contribution is -0.889. The zero-order chi connectivity index (χ0) is 47.0. The Hall–Kier alpha value is -3.49. The van der Waals surface area contributed by atoms with Crippen molar-refractivity contribution >= 4 is 17.9 Å². The van der Waals surface area contributed by atoms with Gasteiger partial charge >= 0.3 is 11.9 Å². The lowest BCUT2D eigenvalue weighted by Gasteiger charge is -2.34. The number of carbonyl (C=O) groups excluding carboxylic acids is 3. The van der Waals surface area contributed by atoms with Gasteiger partial charge in [-0.25, -0.2) is 0 Å². The van der Waals surface area contributed by atoms with Gasteiger partial charge in [0.15, 0.2) is 6.10 Å². The van der Waals surface area contributed by atoms with Gasteiger partial charge in [-0.1, -0.05) is 202 Å². The van der Waals surface area contributed by atoms with Crippen molar-refractivity contribution in [2.75, 3.05) is 41.0 Å². The van der Waals surface area contributed by atoms with Gasteiger partial charge in [0.2, 0.25) is 0 Å². The third-order valence-corrected chi connectivity index (χ3v) is 11.1. The fourth-order valence-electron chi connectivity index (χ4n) is 7.13. The van der Waals surface area contributed by atoms with Crippen molar-refractivity contribution in [3.05, 3.63) is 85.1 Å². The van der Waals surface area contributed by atoms with Crippen molar-refractivity contribution in [2.45, 2.75) is 212 Å². The predicted octanol–water partition coefficient (Wildman–Crippen LogP) is 13.5. The minimum Gasteiger partial charge on any atom is -0.544 e. The number of aliphatic carboxylic acids is 1. The maximum atomic E-state index is 12.8. The van der Waals surface area contributed by atoms with E-state index >= 15 is 0 Å². The van der Waals surface area contributed by atoms with Crippen LogP contribution in [0.15, 0.2) is 85.1 Å². The highest BCUT2D eigenvalue weighted by atomic mass is 16.6. The molecule has 0 saturated carbocycles. The predicted molar refractivity (Wildman–Crippen MR) is 268 cm³/mol. The van der Waals surface area contributed by atoms with Gasteiger partial charge in [-0.05, 0) is 64.2 Å². The zero-order valence-electron chi connectivity index (χ0n) is 41.7. The molecule has 0 fully saturated rings. The molecule has 0 N–H and O–H groups in total. The Morgan fingerprint density at radius 2 is 0.922 bits per heavy atom. The Labute approximate surface area is 393 Å². The number of unbranched alkanes of at least 4 members (excludes halogenated alkanes) is 21. The highest BCUT2D eigenvalue weighted by Crippen LogP contribution is 2.14. The molecule has 0 aromatic carbocycles. The summed E-state index contributed by atoms with van der Waals surface area (Å²) in [5, 5.41) is 11.7. The number of allylic oxidation sites excluding steroid dienone is 14. The first-order chi connectivity index (χ1) is 31.1. The zero-order valence-corrected chi connectivity index (χ0v) is 41.7. The van der Waals surface area contributed by atoms with E-state index in [0.29, 0.717) is 6.42 Å². The van der Waals surface area contributed by atoms with Crippen molar-refractivity contribution in [3.8, 4) is 0 Å². The summed E-state index contributed by atoms with van der Waals surface area (Å²) in [4.78, 5) is 37.0. The molecular weight excluding hydrogens is 799 g/mol. The monoisotopic (exact) mass is 894 g/mol. The first-order valence-corrected chi connectivity index (χ1v) is 25.7. The first-order valence-electron chi connectivity index (χ1n) is 25.7. The van der Waals surface area contributed by atoms with E-state index in [9.17, 15) is 19.5 Å². The molecular formula is C56H95NO7. The molecule has 0 saturated heterocycles. The van der Waals surface area contributed by atoms with E-state index < -0.39 is 18.1 Å². The molecule has 0 heterocycles. The van der Waals surface area contributed by atoms with Crippen LogP contribution in [0.5, 0.6) is 0 Å². The second kappa shape index (κ2) is 46.1. The molecule has 64 heavy (non-hydrogen) atoms. The third kappa shape index (κ3) is 43.7. The van der Waals surface area contributed by atoms with Crippen LogP contribution in [-0.4, -0.2) is 75.5 Å². The Morgan fingerprint density at radius 3 is 1.41 bits per heavy atom. The molecule has 0 aliphatic heterocycles. The molecule has 0 radical (unpaired) electrons. The summed E-state index contributed by atoms with van der Waals surface area (Å²) < 4.78 is 17.2. The molecule has 2 atom stereocenters. The van der Waals surface area contributed by atoms with Crippen molar-refractivity contribution in [3.63, 3.8) is 0 Å². The minimum absolute atomic E-state index is 0.0228. The van der Waals surface area contributed by atoms with Gasteiger partial charge in [0.1, 0.15) is 12.6 Å². The van der Waals surface area contributed by atoms with Crippen molar-refractivity contribution in [2.24, 2.45) is 0 Å². The maximum absolute atomic E-state index is 12.8. The molecule has 0 aliphatic carbocycles. The summed E-state index contributed by atoms with van der Waals surface area (Å²) >= 11 is 0. The van der Waals surface area contributed by atoms with E-state index in [-0.39, 0.29) is 49.1 Å². The highest BCUT2D eigenvalue weighted by Gasteiger charge is 2.25. The molecule has 0 rings (SSSR count). The summed E-state index contributed by atoms with van der Waals surface area (Å²) in [6, 6.07) is -0.737. The molecule has 0 aliphatic rings. The maximum Gasteiger partial charge on any atom is 0.306 e. The average molecular weight is 894 g/mol. The van der Waals surface area contributed by atoms with E-state index in [1.54, 1.807) is 21.1 Å². The Kier molecular flexibility index (Phi) is 43.5. The van der Waals surface area contributed by atoms with E-state index in [4.69, 9.17) is 14.2 Å². The van der Waals surface area contributed by atoms with Gasteiger partial charge in [-0.2, -0.15) is 0 Å². The summed E-state index contributed by atoms with van der Waals surface area (Å²) in [5.74, 6) is -1.78. The van der Waals surface area contributed by atoms with E-state index in [2.05, 4.69) is 62.5 Å². The number of likely N-dealkylation sites (N-methyl/N-ethyl adjacent to an activating group) is 1. The number of hydrogen-bond acceptors (Lipinski definition) is 7. The third-order valence-electron chi connectivity index (χ3n) is 11.1. The number of esters is 2. The Balaban J connectivity index is 4.32. The van der Waals surface area contributed by atoms with Gasteiger partial charge in [0.05, 0.1) is 40.3 Å². The Bertz CT molecular complexity index is 1320. The number of quaternary nitrogens is 1. The fraction of sp³-hybridized carbons (Fsp3) is 0.696. The van der Waals surface area contributed by atoms with Crippen LogP contribution in [-0.2, 0) is 28.6 Å². The highest BCUT2D eigenvalue weighted by molar-refractivity contribution is 5.70. The molecule has 0 aromatic rings. The number of carboxylic acid groups (broad SMARTS) is 1. The molecule has 8 heteroatoms. The van der Waals surface area contributed by atoms with E-state index in [0.717, 1.165) is 77.0 Å². The second-order valence-electron chi connectivity index (χ2n) is 18.2. The SMILES string of the molecule is CCC/C=C/C=C/C=C/C=C/C=C/CCCCCCCC(=O)OC(COCCC(C(=O)[O-])[N+](C)(C)C)COC(=O)CCCCCCCCC/C=C/C/C=C/CCCCCCCCCC. The summed E-state index contributed by atoms with van der Waals surface area (Å²) in [6.07, 6.45) is 60.4. The molecule has 0 spiro atoms. The number of ether oxygens (including phenoxy) is 3. The van der Waals surface area contributed by atoms with Crippen LogP contribution in [0.3, 0.4) is 0 Å². The summed E-state index contributed by atoms with van der Waals surface area (Å²) in [5.41, 5.74) is 0. The van der Waals surface area contributed by atoms with Crippen molar-refractivity contribution in [1.82, 2.24) is 0 Å². The number of nitrogens with zero attached hydrogens (tertiary/aromatic N) is 1. The molecule has 8 nitrogen and oxygen atoms in total. The van der Waals surface area contributed by atoms with Crippen molar-refractivity contribution in [1.29, 1.82) is 0 Å². The standard InChI is InChI=1S/C56H95NO7/c1-6-8-10-12-14-16-18-20-22-24-26-27-28-29-31-32-34-36-38-40-42-44-46-54(58)63-51-52(50-62-49-48-53(56(60)61)57(3,4)5)64-55(59)47-45-43-41-39-37-35-33-30-25-23-21-19-17-15-13-11-9-7-2/h11,13,15,17,19,21,23-26,28-30,33,52-53H,6-10,12,14,16,18,20,22,27,31-32,34-51H2,1-5H3/b13-11+,17-15+,21-19+,25-23+,26-24+,29-28+,33-30+. The number of rotatable bonds is 45. The molecule has 0 aromatic heterocycles. The van der Waals surface area contributed by atoms with Crippen LogP contribution in [0, 0.1) is 0 Å². The quantitative estimate of drug-likeness (QED) is 0.0197. The van der Waals surface area contributed by atoms with Crippen molar-refractivity contribution < 1.29 is 38.2 Å². The topological polar surface area (TPSA) is 102 Å². The van der Waals surface area contributed by atoms with Crippen LogP contribution in [0.1, 0.15) is 200 Å². The minimum atomic E-state index is -1.13.